The third-order valence-corrected chi connectivity index (χ3v) is 4.56. The summed E-state index contributed by atoms with van der Waals surface area (Å²) < 4.78 is 6.10. The molecule has 160 valence electrons. The molecule has 0 saturated heterocycles. The molecule has 0 spiro atoms. The molecule has 0 bridgehead atoms. The number of benzene rings is 2. The highest BCUT2D eigenvalue weighted by molar-refractivity contribution is 7.80. The van der Waals surface area contributed by atoms with Crippen LogP contribution in [0.5, 0.6) is 11.6 Å². The van der Waals surface area contributed by atoms with E-state index in [-0.39, 0.29) is 16.4 Å². The number of thiocarbonyl (C=S) groups is 1. The molecule has 0 atom stereocenters. The Morgan fingerprint density at radius 2 is 1.84 bits per heavy atom. The van der Waals surface area contributed by atoms with Crippen LogP contribution < -0.4 is 26.7 Å². The van der Waals surface area contributed by atoms with E-state index in [1.165, 1.54) is 7.11 Å². The van der Waals surface area contributed by atoms with E-state index in [9.17, 15) is 14.7 Å². The van der Waals surface area contributed by atoms with E-state index in [1.54, 1.807) is 31.2 Å². The summed E-state index contributed by atoms with van der Waals surface area (Å²) in [5.74, 6) is 0.0589. The lowest BCUT2D eigenvalue weighted by molar-refractivity contribution is 0.414. The van der Waals surface area contributed by atoms with Gasteiger partial charge in [-0.25, -0.2) is 9.36 Å². The van der Waals surface area contributed by atoms with Gasteiger partial charge in [0.2, 0.25) is 5.88 Å². The predicted octanol–water partition coefficient (Wildman–Crippen LogP) is 2.34. The number of para-hydroxylation sites is 1. The first-order valence-corrected chi connectivity index (χ1v) is 9.77. The summed E-state index contributed by atoms with van der Waals surface area (Å²) >= 11 is 5.22. The number of aromatic nitrogens is 2. The Balaban J connectivity index is 1.95. The van der Waals surface area contributed by atoms with Crippen molar-refractivity contribution < 1.29 is 9.84 Å². The standard InChI is InChI=1S/C21H21N5O4S/c1-3-16(24-25-20(31)22-13-7-5-4-6-8-13)17-18(27)23-21(29)26(19(17)28)14-9-11-15(30-2)12-10-14/h4-12,28H,3H2,1-2H3,(H2,22,25,31)(H,23,27,29)/b24-16+. The molecule has 3 rings (SSSR count). The number of rotatable bonds is 6. The van der Waals surface area contributed by atoms with Gasteiger partial charge >= 0.3 is 5.69 Å². The van der Waals surface area contributed by atoms with Crippen LogP contribution in [0, 0.1) is 0 Å². The Hall–Kier alpha value is -3.92. The number of anilines is 1. The Morgan fingerprint density at radius 1 is 1.16 bits per heavy atom. The van der Waals surface area contributed by atoms with Crippen molar-refractivity contribution in [2.24, 2.45) is 5.10 Å². The fourth-order valence-corrected chi connectivity index (χ4v) is 3.03. The number of ether oxygens (including phenoxy) is 1. The Kier molecular flexibility index (Phi) is 6.83. The average Bonchev–Trinajstić information content (AvgIpc) is 2.76. The van der Waals surface area contributed by atoms with Crippen LogP contribution in [0.1, 0.15) is 18.9 Å². The first-order chi connectivity index (χ1) is 14.9. The van der Waals surface area contributed by atoms with E-state index in [2.05, 4.69) is 20.8 Å². The number of aromatic hydroxyl groups is 1. The van der Waals surface area contributed by atoms with Gasteiger partial charge in [0.25, 0.3) is 5.56 Å². The molecule has 4 N–H and O–H groups in total. The molecule has 3 aromatic rings. The van der Waals surface area contributed by atoms with Crippen LogP contribution in [-0.4, -0.2) is 32.6 Å². The van der Waals surface area contributed by atoms with Crippen molar-refractivity contribution in [3.8, 4) is 17.3 Å². The van der Waals surface area contributed by atoms with Gasteiger partial charge in [0.15, 0.2) is 5.11 Å². The average molecular weight is 439 g/mol. The van der Waals surface area contributed by atoms with E-state index in [0.717, 1.165) is 10.3 Å². The van der Waals surface area contributed by atoms with Crippen LogP contribution in [0.15, 0.2) is 69.3 Å². The number of nitrogens with zero attached hydrogens (tertiary/aromatic N) is 2. The van der Waals surface area contributed by atoms with Crippen molar-refractivity contribution in [2.45, 2.75) is 13.3 Å². The maximum atomic E-state index is 12.5. The maximum Gasteiger partial charge on any atom is 0.335 e. The molecule has 1 heterocycles. The largest absolute Gasteiger partial charge is 0.497 e. The van der Waals surface area contributed by atoms with Gasteiger partial charge in [0.1, 0.15) is 11.3 Å². The molecule has 0 unspecified atom stereocenters. The highest BCUT2D eigenvalue weighted by atomic mass is 32.1. The molecule has 0 amide bonds. The molecule has 0 aliphatic rings. The van der Waals surface area contributed by atoms with E-state index >= 15 is 0 Å². The van der Waals surface area contributed by atoms with Gasteiger partial charge in [-0.15, -0.1) is 0 Å². The normalized spacial score (nSPS) is 11.1. The van der Waals surface area contributed by atoms with Crippen molar-refractivity contribution in [2.75, 3.05) is 12.4 Å². The summed E-state index contributed by atoms with van der Waals surface area (Å²) in [6, 6.07) is 15.7. The van der Waals surface area contributed by atoms with E-state index in [1.807, 2.05) is 30.3 Å². The van der Waals surface area contributed by atoms with Gasteiger partial charge in [-0.2, -0.15) is 5.10 Å². The number of hydrazone groups is 1. The third-order valence-electron chi connectivity index (χ3n) is 4.36. The minimum atomic E-state index is -0.777. The van der Waals surface area contributed by atoms with Crippen LogP contribution >= 0.6 is 12.2 Å². The van der Waals surface area contributed by atoms with Gasteiger partial charge in [0, 0.05) is 5.69 Å². The second-order valence-electron chi connectivity index (χ2n) is 6.34. The topological polar surface area (TPSA) is 121 Å². The highest BCUT2D eigenvalue weighted by Crippen LogP contribution is 2.20. The smallest absolute Gasteiger partial charge is 0.335 e. The fourth-order valence-electron chi connectivity index (χ4n) is 2.87. The van der Waals surface area contributed by atoms with Gasteiger partial charge in [-0.05, 0) is 55.0 Å². The van der Waals surface area contributed by atoms with Crippen LogP contribution in [0.3, 0.4) is 0 Å². The summed E-state index contributed by atoms with van der Waals surface area (Å²) in [5.41, 5.74) is 2.34. The number of nitrogens with one attached hydrogen (secondary N) is 3. The minimum Gasteiger partial charge on any atom is -0.497 e. The molecule has 2 aromatic carbocycles. The molecule has 0 fully saturated rings. The van der Waals surface area contributed by atoms with E-state index in [4.69, 9.17) is 17.0 Å². The third kappa shape index (κ3) is 4.98. The zero-order chi connectivity index (χ0) is 22.4. The van der Waals surface area contributed by atoms with Crippen molar-refractivity contribution in [3.05, 3.63) is 81.0 Å². The van der Waals surface area contributed by atoms with Gasteiger partial charge < -0.3 is 15.2 Å². The van der Waals surface area contributed by atoms with Gasteiger partial charge in [-0.1, -0.05) is 25.1 Å². The minimum absolute atomic E-state index is 0.132. The summed E-state index contributed by atoms with van der Waals surface area (Å²) in [6.45, 7) is 1.76. The number of H-pyrrole nitrogens is 1. The molecule has 9 nitrogen and oxygen atoms in total. The summed E-state index contributed by atoms with van der Waals surface area (Å²) in [5, 5.41) is 18.1. The van der Waals surface area contributed by atoms with E-state index in [0.29, 0.717) is 17.9 Å². The monoisotopic (exact) mass is 439 g/mol. The van der Waals surface area contributed by atoms with E-state index < -0.39 is 17.1 Å². The molecule has 31 heavy (non-hydrogen) atoms. The molecular formula is C21H21N5O4S. The Morgan fingerprint density at radius 3 is 2.45 bits per heavy atom. The molecule has 0 radical (unpaired) electrons. The second-order valence-corrected chi connectivity index (χ2v) is 6.74. The molecular weight excluding hydrogens is 418 g/mol. The first-order valence-electron chi connectivity index (χ1n) is 9.36. The molecule has 10 heteroatoms. The molecule has 0 aliphatic heterocycles. The highest BCUT2D eigenvalue weighted by Gasteiger charge is 2.19. The number of hydrogen-bond acceptors (Lipinski definition) is 6. The molecule has 0 aliphatic carbocycles. The maximum absolute atomic E-state index is 12.5. The summed E-state index contributed by atoms with van der Waals surface area (Å²) in [6.07, 6.45) is 0.290. The van der Waals surface area contributed by atoms with Crippen molar-refractivity contribution >= 4 is 28.7 Å². The lowest BCUT2D eigenvalue weighted by Gasteiger charge is -2.13. The van der Waals surface area contributed by atoms with Gasteiger partial charge in [0.05, 0.1) is 18.5 Å². The van der Waals surface area contributed by atoms with Gasteiger partial charge in [-0.3, -0.25) is 15.2 Å². The number of methoxy groups -OCH3 is 1. The second kappa shape index (κ2) is 9.72. The van der Waals surface area contributed by atoms with Crippen molar-refractivity contribution in [3.63, 3.8) is 0 Å². The Labute approximate surface area is 183 Å². The number of hydrogen-bond donors (Lipinski definition) is 4. The lowest BCUT2D eigenvalue weighted by Crippen LogP contribution is -2.34. The zero-order valence-electron chi connectivity index (χ0n) is 16.9. The fraction of sp³-hybridized carbons (Fsp3) is 0.143. The Bertz CT molecular complexity index is 1220. The van der Waals surface area contributed by atoms with Crippen molar-refractivity contribution in [1.82, 2.24) is 15.0 Å². The summed E-state index contributed by atoms with van der Waals surface area (Å²) in [7, 11) is 1.52. The van der Waals surface area contributed by atoms with Crippen molar-refractivity contribution in [1.29, 1.82) is 0 Å². The summed E-state index contributed by atoms with van der Waals surface area (Å²) in [4.78, 5) is 27.1. The van der Waals surface area contributed by atoms with Crippen LogP contribution in [0.4, 0.5) is 5.69 Å². The first kappa shape index (κ1) is 21.8. The quantitative estimate of drug-likeness (QED) is 0.264. The zero-order valence-corrected chi connectivity index (χ0v) is 17.7. The van der Waals surface area contributed by atoms with Crippen LogP contribution in [0.25, 0.3) is 5.69 Å². The molecule has 1 aromatic heterocycles. The molecule has 0 saturated carbocycles. The van der Waals surface area contributed by atoms with Crippen LogP contribution in [0.2, 0.25) is 0 Å². The lowest BCUT2D eigenvalue weighted by atomic mass is 10.1. The van der Waals surface area contributed by atoms with Crippen LogP contribution in [-0.2, 0) is 0 Å². The predicted molar refractivity (Wildman–Crippen MR) is 124 cm³/mol. The number of aromatic amines is 1. The SMILES string of the molecule is CC/C(=N\NC(=S)Nc1ccccc1)c1c(O)n(-c2ccc(OC)cc2)c(=O)[nH]c1=O.